The van der Waals surface area contributed by atoms with Crippen LogP contribution in [0.1, 0.15) is 24.0 Å². The summed E-state index contributed by atoms with van der Waals surface area (Å²) in [5.74, 6) is 0. The quantitative estimate of drug-likeness (QED) is 0.765. The van der Waals surface area contributed by atoms with Gasteiger partial charge in [0.05, 0.1) is 4.90 Å². The van der Waals surface area contributed by atoms with E-state index in [1.54, 1.807) is 26.2 Å². The molecular weight excluding hydrogens is 262 g/mol. The molecule has 5 nitrogen and oxygen atoms in total. The summed E-state index contributed by atoms with van der Waals surface area (Å²) < 4.78 is 24.4. The van der Waals surface area contributed by atoms with Gasteiger partial charge in [0.2, 0.25) is 0 Å². The molecule has 19 heavy (non-hydrogen) atoms. The lowest BCUT2D eigenvalue weighted by Gasteiger charge is -2.16. The molecule has 106 valence electrons. The lowest BCUT2D eigenvalue weighted by atomic mass is 10.1. The molecule has 1 fully saturated rings. The molecule has 0 saturated heterocycles. The van der Waals surface area contributed by atoms with Crippen LogP contribution >= 0.6 is 0 Å². The Hall–Kier alpha value is -0.950. The highest BCUT2D eigenvalue weighted by molar-refractivity contribution is 7.89. The Morgan fingerprint density at radius 3 is 2.58 bits per heavy atom. The molecule has 0 heterocycles. The maximum absolute atomic E-state index is 12.2. The summed E-state index contributed by atoms with van der Waals surface area (Å²) in [6.07, 6.45) is 2.44. The molecule has 0 spiro atoms. The zero-order valence-electron chi connectivity index (χ0n) is 11.6. The maximum Gasteiger partial charge on any atom is 0.253 e. The third kappa shape index (κ3) is 3.76. The number of rotatable bonds is 6. The first-order valence-corrected chi connectivity index (χ1v) is 7.90. The van der Waals surface area contributed by atoms with E-state index in [1.165, 1.54) is 17.9 Å². The SMILES string of the molecule is Cc1c(CNC2CC2)cccc1S(=O)(=O)NN(C)C. The molecule has 0 aliphatic heterocycles. The Kier molecular flexibility index (Phi) is 4.25. The second-order valence-corrected chi connectivity index (χ2v) is 6.81. The van der Waals surface area contributed by atoms with Crippen molar-refractivity contribution in [3.05, 3.63) is 29.3 Å². The largest absolute Gasteiger partial charge is 0.310 e. The Bertz CT molecular complexity index is 551. The maximum atomic E-state index is 12.2. The Morgan fingerprint density at radius 2 is 2.00 bits per heavy atom. The number of sulfonamides is 1. The average molecular weight is 283 g/mol. The van der Waals surface area contributed by atoms with Crippen LogP contribution in [0.5, 0.6) is 0 Å². The van der Waals surface area contributed by atoms with Gasteiger partial charge in [0.25, 0.3) is 10.0 Å². The van der Waals surface area contributed by atoms with Gasteiger partial charge in [-0.15, -0.1) is 4.83 Å². The van der Waals surface area contributed by atoms with Gasteiger partial charge in [-0.25, -0.2) is 13.4 Å². The Balaban J connectivity index is 2.22. The van der Waals surface area contributed by atoms with E-state index in [9.17, 15) is 8.42 Å². The second-order valence-electron chi connectivity index (χ2n) is 5.18. The van der Waals surface area contributed by atoms with Crippen molar-refractivity contribution < 1.29 is 8.42 Å². The molecule has 1 aromatic rings. The van der Waals surface area contributed by atoms with Gasteiger partial charge in [0.15, 0.2) is 0 Å². The number of hydrogen-bond acceptors (Lipinski definition) is 4. The molecule has 2 rings (SSSR count). The molecule has 1 aliphatic rings. The summed E-state index contributed by atoms with van der Waals surface area (Å²) in [5, 5.41) is 4.84. The van der Waals surface area contributed by atoms with Gasteiger partial charge in [0.1, 0.15) is 0 Å². The fraction of sp³-hybridized carbons (Fsp3) is 0.538. The molecule has 0 aromatic heterocycles. The van der Waals surface area contributed by atoms with Crippen LogP contribution in [0, 0.1) is 6.92 Å². The highest BCUT2D eigenvalue weighted by Gasteiger charge is 2.22. The van der Waals surface area contributed by atoms with E-state index in [0.717, 1.165) is 17.7 Å². The van der Waals surface area contributed by atoms with Crippen LogP contribution in [0.2, 0.25) is 0 Å². The summed E-state index contributed by atoms with van der Waals surface area (Å²) in [7, 11) is -0.171. The summed E-state index contributed by atoms with van der Waals surface area (Å²) in [5.41, 5.74) is 1.85. The smallest absolute Gasteiger partial charge is 0.253 e. The van der Waals surface area contributed by atoms with Crippen molar-refractivity contribution in [3.8, 4) is 0 Å². The van der Waals surface area contributed by atoms with Crippen molar-refractivity contribution in [2.75, 3.05) is 14.1 Å². The van der Waals surface area contributed by atoms with Crippen LogP contribution in [0.4, 0.5) is 0 Å². The monoisotopic (exact) mass is 283 g/mol. The summed E-state index contributed by atoms with van der Waals surface area (Å²) >= 11 is 0. The van der Waals surface area contributed by atoms with Crippen LogP contribution in [0.15, 0.2) is 23.1 Å². The van der Waals surface area contributed by atoms with Gasteiger partial charge in [-0.1, -0.05) is 12.1 Å². The first kappa shape index (κ1) is 14.5. The fourth-order valence-electron chi connectivity index (χ4n) is 1.97. The number of nitrogens with one attached hydrogen (secondary N) is 2. The highest BCUT2D eigenvalue weighted by Crippen LogP contribution is 2.22. The lowest BCUT2D eigenvalue weighted by molar-refractivity contribution is 0.364. The molecule has 6 heteroatoms. The summed E-state index contributed by atoms with van der Waals surface area (Å²) in [4.78, 5) is 2.81. The van der Waals surface area contributed by atoms with E-state index < -0.39 is 10.0 Å². The van der Waals surface area contributed by atoms with E-state index in [0.29, 0.717) is 10.9 Å². The normalized spacial score (nSPS) is 16.0. The molecule has 0 atom stereocenters. The summed E-state index contributed by atoms with van der Waals surface area (Å²) in [6.45, 7) is 2.58. The number of benzene rings is 1. The number of hydrazine groups is 1. The minimum absolute atomic E-state index is 0.344. The van der Waals surface area contributed by atoms with E-state index in [-0.39, 0.29) is 0 Å². The third-order valence-corrected chi connectivity index (χ3v) is 4.77. The first-order valence-electron chi connectivity index (χ1n) is 6.42. The molecule has 0 bridgehead atoms. The molecule has 2 N–H and O–H groups in total. The first-order chi connectivity index (χ1) is 8.90. The van der Waals surface area contributed by atoms with E-state index >= 15 is 0 Å². The van der Waals surface area contributed by atoms with Gasteiger partial charge in [0, 0.05) is 26.7 Å². The zero-order chi connectivity index (χ0) is 14.0. The Morgan fingerprint density at radius 1 is 1.32 bits per heavy atom. The number of hydrogen-bond donors (Lipinski definition) is 2. The number of nitrogens with zero attached hydrogens (tertiary/aromatic N) is 1. The van der Waals surface area contributed by atoms with Crippen LogP contribution in [0.3, 0.4) is 0 Å². The van der Waals surface area contributed by atoms with Crippen molar-refractivity contribution in [1.29, 1.82) is 0 Å². The van der Waals surface area contributed by atoms with Crippen LogP contribution < -0.4 is 10.1 Å². The molecule has 1 saturated carbocycles. The van der Waals surface area contributed by atoms with Crippen molar-refractivity contribution in [3.63, 3.8) is 0 Å². The van der Waals surface area contributed by atoms with Crippen molar-refractivity contribution in [1.82, 2.24) is 15.2 Å². The third-order valence-electron chi connectivity index (χ3n) is 3.15. The average Bonchev–Trinajstić information content (AvgIpc) is 3.09. The van der Waals surface area contributed by atoms with Gasteiger partial charge in [-0.2, -0.15) is 0 Å². The predicted octanol–water partition coefficient (Wildman–Crippen LogP) is 1.00. The van der Waals surface area contributed by atoms with E-state index in [1.807, 2.05) is 13.0 Å². The van der Waals surface area contributed by atoms with Gasteiger partial charge >= 0.3 is 0 Å². The second kappa shape index (κ2) is 5.58. The molecule has 1 aliphatic carbocycles. The molecule has 1 aromatic carbocycles. The van der Waals surface area contributed by atoms with Crippen molar-refractivity contribution in [2.45, 2.75) is 37.2 Å². The van der Waals surface area contributed by atoms with Crippen molar-refractivity contribution in [2.24, 2.45) is 0 Å². The van der Waals surface area contributed by atoms with Crippen molar-refractivity contribution >= 4 is 10.0 Å². The van der Waals surface area contributed by atoms with Gasteiger partial charge in [-0.3, -0.25) is 0 Å². The lowest BCUT2D eigenvalue weighted by Crippen LogP contribution is -2.36. The van der Waals surface area contributed by atoms with Gasteiger partial charge < -0.3 is 5.32 Å². The van der Waals surface area contributed by atoms with Crippen LogP contribution in [-0.4, -0.2) is 33.6 Å². The zero-order valence-corrected chi connectivity index (χ0v) is 12.4. The van der Waals surface area contributed by atoms with E-state index in [4.69, 9.17) is 0 Å². The summed E-state index contributed by atoms with van der Waals surface area (Å²) in [6, 6.07) is 6.02. The topological polar surface area (TPSA) is 61.4 Å². The predicted molar refractivity (Wildman–Crippen MR) is 75.0 cm³/mol. The molecular formula is C13H21N3O2S. The van der Waals surface area contributed by atoms with Gasteiger partial charge in [-0.05, 0) is 37.0 Å². The fourth-order valence-corrected chi connectivity index (χ4v) is 3.34. The highest BCUT2D eigenvalue weighted by atomic mass is 32.2. The molecule has 0 amide bonds. The Labute approximate surface area is 115 Å². The standard InChI is InChI=1S/C13H21N3O2S/c1-10-11(9-14-12-7-8-12)5-4-6-13(10)19(17,18)15-16(2)3/h4-6,12,14-15H,7-9H2,1-3H3. The molecule has 0 unspecified atom stereocenters. The van der Waals surface area contributed by atoms with Crippen LogP contribution in [0.25, 0.3) is 0 Å². The minimum atomic E-state index is -3.49. The molecule has 0 radical (unpaired) electrons. The van der Waals surface area contributed by atoms with E-state index in [2.05, 4.69) is 10.1 Å². The minimum Gasteiger partial charge on any atom is -0.310 e. The van der Waals surface area contributed by atoms with Crippen LogP contribution in [-0.2, 0) is 16.6 Å².